The molecule has 0 saturated carbocycles. The first-order valence-corrected chi connectivity index (χ1v) is 10.8. The Morgan fingerprint density at radius 2 is 1.23 bits per heavy atom. The molecule has 0 unspecified atom stereocenters. The lowest BCUT2D eigenvalue weighted by Gasteiger charge is -2.18. The summed E-state index contributed by atoms with van der Waals surface area (Å²) in [5.74, 6) is 1.23. The van der Waals surface area contributed by atoms with Gasteiger partial charge in [-0.2, -0.15) is 0 Å². The van der Waals surface area contributed by atoms with Crippen LogP contribution in [0, 0.1) is 0 Å². The lowest BCUT2D eigenvalue weighted by molar-refractivity contribution is 0.475. The van der Waals surface area contributed by atoms with Gasteiger partial charge in [-0.1, -0.05) is 48.6 Å². The van der Waals surface area contributed by atoms with Gasteiger partial charge in [0.15, 0.2) is 0 Å². The zero-order valence-corrected chi connectivity index (χ0v) is 14.3. The van der Waals surface area contributed by atoms with Gasteiger partial charge in [0.05, 0.1) is 0 Å². The van der Waals surface area contributed by atoms with Gasteiger partial charge in [0, 0.05) is 0 Å². The molecular weight excluding hydrogens is 288 g/mol. The summed E-state index contributed by atoms with van der Waals surface area (Å²) >= 11 is 0. The molecule has 0 aliphatic heterocycles. The Morgan fingerprint density at radius 3 is 1.68 bits per heavy atom. The van der Waals surface area contributed by atoms with Crippen molar-refractivity contribution in [3.63, 3.8) is 0 Å². The van der Waals surface area contributed by atoms with Crippen molar-refractivity contribution in [3.8, 4) is 11.5 Å². The van der Waals surface area contributed by atoms with Gasteiger partial charge < -0.3 is 9.53 Å². The minimum atomic E-state index is -1.54. The number of phenolic OH excluding ortho intramolecular Hbond substituents is 1. The van der Waals surface area contributed by atoms with Crippen LogP contribution >= 0.6 is 0 Å². The second-order valence-corrected chi connectivity index (χ2v) is 10.5. The Hall–Kier alpha value is -2.26. The first-order chi connectivity index (χ1) is 10.4. The summed E-state index contributed by atoms with van der Waals surface area (Å²) in [5, 5.41) is 9.22. The van der Waals surface area contributed by atoms with Crippen molar-refractivity contribution in [1.82, 2.24) is 0 Å². The van der Waals surface area contributed by atoms with Crippen LogP contribution in [0.4, 0.5) is 0 Å². The predicted octanol–water partition coefficient (Wildman–Crippen LogP) is 5.33. The fourth-order valence-corrected chi connectivity index (χ4v) is 2.76. The van der Waals surface area contributed by atoms with Gasteiger partial charge in [-0.25, -0.2) is 0 Å². The van der Waals surface area contributed by atoms with Crippen LogP contribution in [0.5, 0.6) is 11.5 Å². The van der Waals surface area contributed by atoms with E-state index in [0.717, 1.165) is 16.9 Å². The molecule has 0 aliphatic carbocycles. The van der Waals surface area contributed by atoms with Crippen LogP contribution in [0.15, 0.2) is 60.7 Å². The highest BCUT2D eigenvalue weighted by Crippen LogP contribution is 2.17. The van der Waals surface area contributed by atoms with Crippen LogP contribution in [0.25, 0.3) is 12.2 Å². The van der Waals surface area contributed by atoms with Crippen molar-refractivity contribution in [2.24, 2.45) is 0 Å². The fourth-order valence-electron chi connectivity index (χ4n) is 1.92. The van der Waals surface area contributed by atoms with E-state index in [4.69, 9.17) is 4.43 Å². The number of rotatable bonds is 5. The zero-order chi connectivity index (χ0) is 16.0. The zero-order valence-electron chi connectivity index (χ0n) is 13.3. The lowest BCUT2D eigenvalue weighted by Crippen LogP contribution is -2.29. The van der Waals surface area contributed by atoms with Crippen LogP contribution in [-0.2, 0) is 0 Å². The van der Waals surface area contributed by atoms with Crippen molar-refractivity contribution in [1.29, 1.82) is 0 Å². The molecule has 1 N–H and O–H groups in total. The molecule has 0 radical (unpaired) electrons. The summed E-state index contributed by atoms with van der Waals surface area (Å²) in [7, 11) is -1.54. The van der Waals surface area contributed by atoms with Crippen molar-refractivity contribution in [2.45, 2.75) is 19.6 Å². The number of hydrogen-bond donors (Lipinski definition) is 1. The maximum Gasteiger partial charge on any atom is 0.242 e. The number of benzene rings is 2. The lowest BCUT2D eigenvalue weighted by atomic mass is 10.2. The topological polar surface area (TPSA) is 29.5 Å². The summed E-state index contributed by atoms with van der Waals surface area (Å²) in [6.07, 6.45) is 8.04. The fraction of sp³-hybridized carbons (Fsp3) is 0.158. The van der Waals surface area contributed by atoms with Gasteiger partial charge in [0.2, 0.25) is 8.32 Å². The highest BCUT2D eigenvalue weighted by atomic mass is 28.4. The highest BCUT2D eigenvalue weighted by Gasteiger charge is 2.15. The van der Waals surface area contributed by atoms with E-state index in [0.29, 0.717) is 0 Å². The van der Waals surface area contributed by atoms with Gasteiger partial charge >= 0.3 is 0 Å². The molecule has 0 aliphatic rings. The molecule has 114 valence electrons. The van der Waals surface area contributed by atoms with Gasteiger partial charge in [-0.05, 0) is 55.0 Å². The third kappa shape index (κ3) is 5.62. The first-order valence-electron chi connectivity index (χ1n) is 7.35. The predicted molar refractivity (Wildman–Crippen MR) is 96.6 cm³/mol. The molecule has 0 spiro atoms. The normalized spacial score (nSPS) is 12.1. The number of hydrogen-bond acceptors (Lipinski definition) is 2. The number of aromatic hydroxyl groups is 1. The first kappa shape index (κ1) is 16.1. The Kier molecular flexibility index (Phi) is 5.23. The molecular formula is C19H22O2Si. The smallest absolute Gasteiger partial charge is 0.242 e. The third-order valence-corrected chi connectivity index (χ3v) is 3.73. The molecule has 2 aromatic rings. The average molecular weight is 310 g/mol. The van der Waals surface area contributed by atoms with Crippen LogP contribution in [0.1, 0.15) is 11.1 Å². The molecule has 0 bridgehead atoms. The molecule has 2 nitrogen and oxygen atoms in total. The number of phenols is 1. The van der Waals surface area contributed by atoms with E-state index in [9.17, 15) is 5.11 Å². The van der Waals surface area contributed by atoms with E-state index in [2.05, 4.69) is 37.8 Å². The number of allylic oxidation sites excluding steroid dienone is 2. The third-order valence-electron chi connectivity index (χ3n) is 2.89. The average Bonchev–Trinajstić information content (AvgIpc) is 2.45. The minimum absolute atomic E-state index is 0.285. The summed E-state index contributed by atoms with van der Waals surface area (Å²) in [5.41, 5.74) is 2.19. The molecule has 0 heterocycles. The quantitative estimate of drug-likeness (QED) is 0.597. The summed E-state index contributed by atoms with van der Waals surface area (Å²) < 4.78 is 5.93. The van der Waals surface area contributed by atoms with Crippen LogP contribution in [0.3, 0.4) is 0 Å². The molecule has 0 aromatic heterocycles. The maximum atomic E-state index is 9.22. The Labute approximate surface area is 133 Å². The van der Waals surface area contributed by atoms with E-state index >= 15 is 0 Å². The van der Waals surface area contributed by atoms with E-state index in [1.807, 2.05) is 42.5 Å². The van der Waals surface area contributed by atoms with Crippen LogP contribution < -0.4 is 4.43 Å². The maximum absolute atomic E-state index is 9.22. The minimum Gasteiger partial charge on any atom is -0.544 e. The molecule has 22 heavy (non-hydrogen) atoms. The molecule has 2 aromatic carbocycles. The second kappa shape index (κ2) is 7.14. The van der Waals surface area contributed by atoms with Crippen molar-refractivity contribution >= 4 is 20.5 Å². The Bertz CT molecular complexity index is 647. The van der Waals surface area contributed by atoms with Gasteiger partial charge in [0.1, 0.15) is 11.5 Å². The largest absolute Gasteiger partial charge is 0.544 e. The van der Waals surface area contributed by atoms with Gasteiger partial charge in [-0.15, -0.1) is 0 Å². The Balaban J connectivity index is 1.94. The Morgan fingerprint density at radius 1 is 0.773 bits per heavy atom. The second-order valence-electron chi connectivity index (χ2n) is 6.09. The van der Waals surface area contributed by atoms with E-state index in [1.165, 1.54) is 0 Å². The van der Waals surface area contributed by atoms with Crippen LogP contribution in [-0.4, -0.2) is 13.4 Å². The molecule has 0 fully saturated rings. The SMILES string of the molecule is C[Si](C)(C)Oc1ccc(C=CC=Cc2ccc(O)cc2)cc1. The molecule has 0 atom stereocenters. The standard InChI is InChI=1S/C19H22O2Si/c1-22(2,3)21-19-14-10-17(11-15-19)7-5-4-6-16-8-12-18(20)13-9-16/h4-15,20H,1-3H3. The van der Waals surface area contributed by atoms with Crippen molar-refractivity contribution in [3.05, 3.63) is 71.8 Å². The van der Waals surface area contributed by atoms with Gasteiger partial charge in [0.25, 0.3) is 0 Å². The van der Waals surface area contributed by atoms with E-state index < -0.39 is 8.32 Å². The molecule has 3 heteroatoms. The molecule has 0 amide bonds. The summed E-state index contributed by atoms with van der Waals surface area (Å²) in [6, 6.07) is 15.3. The monoisotopic (exact) mass is 310 g/mol. The van der Waals surface area contributed by atoms with Crippen molar-refractivity contribution in [2.75, 3.05) is 0 Å². The van der Waals surface area contributed by atoms with E-state index in [-0.39, 0.29) is 5.75 Å². The van der Waals surface area contributed by atoms with Crippen LogP contribution in [0.2, 0.25) is 19.6 Å². The van der Waals surface area contributed by atoms with Gasteiger partial charge in [-0.3, -0.25) is 0 Å². The van der Waals surface area contributed by atoms with E-state index in [1.54, 1.807) is 12.1 Å². The highest BCUT2D eigenvalue weighted by molar-refractivity contribution is 6.70. The molecule has 0 saturated heterocycles. The summed E-state index contributed by atoms with van der Waals surface area (Å²) in [6.45, 7) is 6.53. The molecule has 2 rings (SSSR count). The van der Waals surface area contributed by atoms with Crippen molar-refractivity contribution < 1.29 is 9.53 Å². The summed E-state index contributed by atoms with van der Waals surface area (Å²) in [4.78, 5) is 0.